The smallest absolute Gasteiger partial charge is 0.220 e. The lowest BCUT2D eigenvalue weighted by molar-refractivity contribution is -0.123. The molecule has 3 N–H and O–H groups in total. The Morgan fingerprint density at radius 3 is 1.25 bits per heavy atom. The number of carbonyl (C=O) groups excluding carboxylic acids is 1. The lowest BCUT2D eigenvalue weighted by atomic mass is 10.0. The van der Waals surface area contributed by atoms with Crippen LogP contribution in [0.4, 0.5) is 0 Å². The summed E-state index contributed by atoms with van der Waals surface area (Å²) in [6.07, 6.45) is 52.0. The van der Waals surface area contributed by atoms with Gasteiger partial charge in [0.05, 0.1) is 18.8 Å². The molecule has 0 heterocycles. The minimum absolute atomic E-state index is 0.0404. The van der Waals surface area contributed by atoms with Gasteiger partial charge in [-0.15, -0.1) is 0 Å². The number of nitrogens with one attached hydrogen (secondary N) is 1. The van der Waals surface area contributed by atoms with Crippen LogP contribution in [-0.2, 0) is 4.79 Å². The van der Waals surface area contributed by atoms with Crippen LogP contribution in [0.2, 0.25) is 0 Å². The van der Waals surface area contributed by atoms with Gasteiger partial charge in [0.1, 0.15) is 0 Å². The number of rotatable bonds is 39. The minimum atomic E-state index is -0.652. The predicted octanol–water partition coefficient (Wildman–Crippen LogP) is 13.2. The van der Waals surface area contributed by atoms with Crippen LogP contribution in [0, 0.1) is 0 Å². The first-order valence-corrected chi connectivity index (χ1v) is 21.5. The van der Waals surface area contributed by atoms with Crippen LogP contribution in [0.25, 0.3) is 0 Å². The first kappa shape index (κ1) is 46.9. The first-order valence-electron chi connectivity index (χ1n) is 21.5. The van der Waals surface area contributed by atoms with Gasteiger partial charge in [0.15, 0.2) is 0 Å². The lowest BCUT2D eigenvalue weighted by Crippen LogP contribution is -2.45. The zero-order chi connectivity index (χ0) is 35.0. The number of allylic oxidation sites excluding steroid dienone is 4. The van der Waals surface area contributed by atoms with Crippen molar-refractivity contribution in [2.75, 3.05) is 6.61 Å². The lowest BCUT2D eigenvalue weighted by Gasteiger charge is -2.22. The molecule has 1 amide bonds. The maximum absolute atomic E-state index is 12.2. The Morgan fingerprint density at radius 1 is 0.500 bits per heavy atom. The summed E-state index contributed by atoms with van der Waals surface area (Å²) in [5, 5.41) is 22.5. The number of hydrogen-bond acceptors (Lipinski definition) is 3. The van der Waals surface area contributed by atoms with E-state index in [1.807, 2.05) is 0 Å². The van der Waals surface area contributed by atoms with Gasteiger partial charge in [-0.3, -0.25) is 4.79 Å². The maximum atomic E-state index is 12.2. The van der Waals surface area contributed by atoms with Gasteiger partial charge in [0, 0.05) is 6.42 Å². The molecule has 4 nitrogen and oxygen atoms in total. The molecule has 0 aliphatic rings. The average Bonchev–Trinajstić information content (AvgIpc) is 3.09. The van der Waals surface area contributed by atoms with Crippen molar-refractivity contribution in [3.05, 3.63) is 24.3 Å². The summed E-state index contributed by atoms with van der Waals surface area (Å²) >= 11 is 0. The Morgan fingerprint density at radius 2 is 0.854 bits per heavy atom. The monoisotopic (exact) mass is 676 g/mol. The number of amides is 1. The molecule has 2 unspecified atom stereocenters. The van der Waals surface area contributed by atoms with Crippen molar-refractivity contribution in [2.24, 2.45) is 0 Å². The summed E-state index contributed by atoms with van der Waals surface area (Å²) in [4.78, 5) is 12.2. The molecule has 0 bridgehead atoms. The zero-order valence-corrected chi connectivity index (χ0v) is 32.5. The molecule has 0 rings (SSSR count). The minimum Gasteiger partial charge on any atom is -0.394 e. The largest absolute Gasteiger partial charge is 0.394 e. The number of carbonyl (C=O) groups is 1. The fourth-order valence-electron chi connectivity index (χ4n) is 6.63. The molecule has 0 spiro atoms. The van der Waals surface area contributed by atoms with Gasteiger partial charge in [0.2, 0.25) is 5.91 Å². The van der Waals surface area contributed by atoms with Crippen molar-refractivity contribution in [3.8, 4) is 0 Å². The van der Waals surface area contributed by atoms with Crippen LogP contribution in [-0.4, -0.2) is 34.9 Å². The third-order valence-corrected chi connectivity index (χ3v) is 9.97. The van der Waals surface area contributed by atoms with Crippen molar-refractivity contribution < 1.29 is 15.0 Å². The zero-order valence-electron chi connectivity index (χ0n) is 32.5. The molecular formula is C44H85NO3. The molecule has 0 aromatic rings. The maximum Gasteiger partial charge on any atom is 0.220 e. The van der Waals surface area contributed by atoms with Crippen LogP contribution < -0.4 is 5.32 Å². The summed E-state index contributed by atoms with van der Waals surface area (Å²) < 4.78 is 0. The van der Waals surface area contributed by atoms with Crippen molar-refractivity contribution in [1.82, 2.24) is 5.32 Å². The molecule has 0 radical (unpaired) electrons. The molecule has 0 saturated heterocycles. The van der Waals surface area contributed by atoms with Crippen LogP contribution >= 0.6 is 0 Å². The highest BCUT2D eigenvalue weighted by Crippen LogP contribution is 2.16. The second kappa shape index (κ2) is 40.3. The summed E-state index contributed by atoms with van der Waals surface area (Å²) in [7, 11) is 0. The van der Waals surface area contributed by atoms with Gasteiger partial charge in [0.25, 0.3) is 0 Å². The van der Waals surface area contributed by atoms with Crippen molar-refractivity contribution in [1.29, 1.82) is 0 Å². The van der Waals surface area contributed by atoms with E-state index < -0.39 is 12.1 Å². The molecule has 2 atom stereocenters. The van der Waals surface area contributed by atoms with E-state index in [9.17, 15) is 15.0 Å². The molecule has 0 aromatic heterocycles. The van der Waals surface area contributed by atoms with E-state index in [-0.39, 0.29) is 12.5 Å². The molecule has 284 valence electrons. The number of aliphatic hydroxyl groups excluding tert-OH is 2. The standard InChI is InChI=1S/C44H85NO3/c1-3-5-7-8-9-10-11-12-13-14-15-16-17-18-19-20-21-22-23-24-25-26-27-28-29-30-31-32-33-34-35-36-38-40-44(48)45-42(41-46)43(47)39-37-6-4-2/h11-12,14-15,42-43,46-47H,3-10,13,16-41H2,1-2H3,(H,45,48)/b12-11-,15-14-. The molecule has 4 heteroatoms. The second-order valence-corrected chi connectivity index (χ2v) is 14.8. The Kier molecular flexibility index (Phi) is 39.4. The highest BCUT2D eigenvalue weighted by Gasteiger charge is 2.19. The van der Waals surface area contributed by atoms with Crippen molar-refractivity contribution in [3.63, 3.8) is 0 Å². The fraction of sp³-hybridized carbons (Fsp3) is 0.886. The van der Waals surface area contributed by atoms with E-state index in [2.05, 4.69) is 43.5 Å². The number of hydrogen-bond donors (Lipinski definition) is 3. The molecule has 0 aliphatic heterocycles. The molecule has 0 fully saturated rings. The average molecular weight is 676 g/mol. The third kappa shape index (κ3) is 36.2. The van der Waals surface area contributed by atoms with Crippen LogP contribution in [0.1, 0.15) is 232 Å². The molecule has 0 aromatic carbocycles. The summed E-state index contributed by atoms with van der Waals surface area (Å²) in [5.41, 5.74) is 0. The summed E-state index contributed by atoms with van der Waals surface area (Å²) in [6.45, 7) is 4.21. The summed E-state index contributed by atoms with van der Waals surface area (Å²) in [6, 6.07) is -0.528. The molecule has 0 aliphatic carbocycles. The Balaban J connectivity index is 3.29. The second-order valence-electron chi connectivity index (χ2n) is 14.8. The van der Waals surface area contributed by atoms with Crippen LogP contribution in [0.5, 0.6) is 0 Å². The molecule has 48 heavy (non-hydrogen) atoms. The fourth-order valence-corrected chi connectivity index (χ4v) is 6.63. The number of aliphatic hydroxyl groups is 2. The van der Waals surface area contributed by atoms with Crippen LogP contribution in [0.15, 0.2) is 24.3 Å². The van der Waals surface area contributed by atoms with Gasteiger partial charge < -0.3 is 15.5 Å². The van der Waals surface area contributed by atoms with Crippen molar-refractivity contribution >= 4 is 5.91 Å². The quantitative estimate of drug-likeness (QED) is 0.0448. The molecule has 0 saturated carbocycles. The van der Waals surface area contributed by atoms with Gasteiger partial charge in [-0.1, -0.05) is 205 Å². The highest BCUT2D eigenvalue weighted by atomic mass is 16.3. The van der Waals surface area contributed by atoms with E-state index in [1.54, 1.807) is 0 Å². The van der Waals surface area contributed by atoms with Crippen molar-refractivity contribution in [2.45, 2.75) is 244 Å². The Labute approximate surface area is 300 Å². The topological polar surface area (TPSA) is 69.6 Å². The first-order chi connectivity index (χ1) is 23.7. The summed E-state index contributed by atoms with van der Waals surface area (Å²) in [5.74, 6) is -0.0404. The number of unbranched alkanes of at least 4 members (excludes halogenated alkanes) is 28. The third-order valence-electron chi connectivity index (χ3n) is 9.97. The van der Waals surface area contributed by atoms with Crippen LogP contribution in [0.3, 0.4) is 0 Å². The van der Waals surface area contributed by atoms with E-state index in [0.29, 0.717) is 12.8 Å². The Bertz CT molecular complexity index is 691. The SMILES string of the molecule is CCCCCCC/C=C\C/C=C\CCCCCCCCCCCCCCCCCCCCCCCC(=O)NC(CO)C(O)CCCCC. The highest BCUT2D eigenvalue weighted by molar-refractivity contribution is 5.76. The Hall–Kier alpha value is -1.13. The van der Waals surface area contributed by atoms with Gasteiger partial charge >= 0.3 is 0 Å². The van der Waals surface area contributed by atoms with Gasteiger partial charge in [-0.05, 0) is 44.9 Å². The predicted molar refractivity (Wildman–Crippen MR) is 212 cm³/mol. The van der Waals surface area contributed by atoms with Gasteiger partial charge in [-0.2, -0.15) is 0 Å². The van der Waals surface area contributed by atoms with E-state index in [1.165, 1.54) is 167 Å². The van der Waals surface area contributed by atoms with Gasteiger partial charge in [-0.25, -0.2) is 0 Å². The van der Waals surface area contributed by atoms with E-state index in [4.69, 9.17) is 0 Å². The van der Waals surface area contributed by atoms with E-state index >= 15 is 0 Å². The normalized spacial score (nSPS) is 13.2. The van der Waals surface area contributed by atoms with E-state index in [0.717, 1.165) is 38.5 Å². The molecular weight excluding hydrogens is 590 g/mol.